The Hall–Kier alpha value is -1.69. The molecular formula is C12H15ClN6. The summed E-state index contributed by atoms with van der Waals surface area (Å²) >= 11 is 5.92. The molecule has 0 saturated heterocycles. The van der Waals surface area contributed by atoms with E-state index in [0.717, 1.165) is 6.54 Å². The molecule has 7 heteroatoms. The third kappa shape index (κ3) is 2.68. The molecule has 1 fully saturated rings. The highest BCUT2D eigenvalue weighted by molar-refractivity contribution is 6.28. The average molecular weight is 279 g/mol. The number of hydrogen-bond acceptors (Lipinski definition) is 5. The molecule has 1 saturated carbocycles. The fourth-order valence-electron chi connectivity index (χ4n) is 2.16. The molecule has 0 aliphatic heterocycles. The molecule has 100 valence electrons. The molecule has 0 amide bonds. The van der Waals surface area contributed by atoms with Crippen molar-refractivity contribution in [1.82, 2.24) is 24.7 Å². The first-order chi connectivity index (χ1) is 9.15. The van der Waals surface area contributed by atoms with Crippen LogP contribution in [0.15, 0.2) is 18.5 Å². The second-order valence-electron chi connectivity index (χ2n) is 5.20. The first-order valence-corrected chi connectivity index (χ1v) is 6.68. The van der Waals surface area contributed by atoms with Gasteiger partial charge in [-0.1, -0.05) is 13.3 Å². The Balaban J connectivity index is 1.78. The van der Waals surface area contributed by atoms with Gasteiger partial charge >= 0.3 is 0 Å². The van der Waals surface area contributed by atoms with Crippen molar-refractivity contribution in [3.63, 3.8) is 0 Å². The normalized spacial score (nSPS) is 16.9. The molecule has 2 heterocycles. The van der Waals surface area contributed by atoms with E-state index in [-0.39, 0.29) is 5.28 Å². The zero-order chi connectivity index (χ0) is 13.3. The Bertz CT molecular complexity index is 564. The maximum atomic E-state index is 5.92. The van der Waals surface area contributed by atoms with Gasteiger partial charge in [0.1, 0.15) is 0 Å². The fraction of sp³-hybridized carbons (Fsp3) is 0.500. The smallest absolute Gasteiger partial charge is 0.256 e. The molecule has 0 atom stereocenters. The van der Waals surface area contributed by atoms with E-state index in [1.807, 2.05) is 0 Å². The zero-order valence-electron chi connectivity index (χ0n) is 10.7. The Morgan fingerprint density at radius 1 is 1.37 bits per heavy atom. The topological polar surface area (TPSA) is 68.5 Å². The molecule has 2 aromatic rings. The summed E-state index contributed by atoms with van der Waals surface area (Å²) in [6.45, 7) is 3.12. The van der Waals surface area contributed by atoms with Crippen LogP contribution in [0.2, 0.25) is 5.28 Å². The van der Waals surface area contributed by atoms with Gasteiger partial charge < -0.3 is 5.32 Å². The number of halogens is 1. The highest BCUT2D eigenvalue weighted by Gasteiger charge is 2.31. The van der Waals surface area contributed by atoms with Crippen molar-refractivity contribution in [3.05, 3.63) is 23.7 Å². The number of rotatable bonds is 4. The standard InChI is InChI=1S/C12H15ClN6/c1-12(4-2-5-12)8-14-10-16-9(13)17-11(18-10)19-7-3-6-15-19/h3,6-7H,2,4-5,8H2,1H3,(H,14,16,17,18). The van der Waals surface area contributed by atoms with E-state index in [2.05, 4.69) is 32.3 Å². The van der Waals surface area contributed by atoms with Gasteiger partial charge in [-0.05, 0) is 35.9 Å². The first-order valence-electron chi connectivity index (χ1n) is 6.30. The minimum absolute atomic E-state index is 0.168. The van der Waals surface area contributed by atoms with E-state index < -0.39 is 0 Å². The van der Waals surface area contributed by atoms with E-state index in [1.165, 1.54) is 19.3 Å². The minimum atomic E-state index is 0.168. The van der Waals surface area contributed by atoms with E-state index in [0.29, 0.717) is 17.3 Å². The predicted octanol–water partition coefficient (Wildman–Crippen LogP) is 2.31. The van der Waals surface area contributed by atoms with Crippen molar-refractivity contribution in [2.45, 2.75) is 26.2 Å². The van der Waals surface area contributed by atoms with E-state index in [4.69, 9.17) is 11.6 Å². The number of anilines is 1. The maximum Gasteiger partial charge on any atom is 0.256 e. The number of nitrogens with zero attached hydrogens (tertiary/aromatic N) is 5. The molecule has 1 N–H and O–H groups in total. The van der Waals surface area contributed by atoms with Crippen LogP contribution in [0.25, 0.3) is 5.95 Å². The SMILES string of the molecule is CC1(CNc2nc(Cl)nc(-n3cccn3)n2)CCC1. The van der Waals surface area contributed by atoms with Crippen molar-refractivity contribution in [3.8, 4) is 5.95 Å². The summed E-state index contributed by atoms with van der Waals surface area (Å²) in [6, 6.07) is 1.81. The van der Waals surface area contributed by atoms with Gasteiger partial charge in [0.15, 0.2) is 0 Å². The molecule has 0 aromatic carbocycles. The van der Waals surface area contributed by atoms with E-state index >= 15 is 0 Å². The van der Waals surface area contributed by atoms with Gasteiger partial charge in [0.25, 0.3) is 5.95 Å². The van der Waals surface area contributed by atoms with Crippen molar-refractivity contribution >= 4 is 17.5 Å². The van der Waals surface area contributed by atoms with Crippen LogP contribution < -0.4 is 5.32 Å². The molecule has 6 nitrogen and oxygen atoms in total. The third-order valence-corrected chi connectivity index (χ3v) is 3.71. The molecule has 3 rings (SSSR count). The first kappa shape index (κ1) is 12.3. The molecule has 0 spiro atoms. The van der Waals surface area contributed by atoms with Gasteiger partial charge in [-0.15, -0.1) is 0 Å². The van der Waals surface area contributed by atoms with Crippen LogP contribution in [-0.2, 0) is 0 Å². The molecule has 1 aliphatic carbocycles. The third-order valence-electron chi connectivity index (χ3n) is 3.54. The summed E-state index contributed by atoms with van der Waals surface area (Å²) in [4.78, 5) is 12.5. The maximum absolute atomic E-state index is 5.92. The molecule has 1 aliphatic rings. The van der Waals surface area contributed by atoms with Crippen molar-refractivity contribution in [2.24, 2.45) is 5.41 Å². The van der Waals surface area contributed by atoms with Crippen LogP contribution in [0, 0.1) is 5.41 Å². The molecule has 0 radical (unpaired) electrons. The Labute approximate surface area is 116 Å². The Kier molecular flexibility index (Phi) is 3.10. The Morgan fingerprint density at radius 2 is 2.21 bits per heavy atom. The van der Waals surface area contributed by atoms with Gasteiger partial charge in [-0.25, -0.2) is 4.68 Å². The van der Waals surface area contributed by atoms with Gasteiger partial charge in [0, 0.05) is 18.9 Å². The number of nitrogens with one attached hydrogen (secondary N) is 1. The van der Waals surface area contributed by atoms with Crippen molar-refractivity contribution in [1.29, 1.82) is 0 Å². The average Bonchev–Trinajstić information content (AvgIpc) is 2.87. The van der Waals surface area contributed by atoms with E-state index in [1.54, 1.807) is 23.1 Å². The lowest BCUT2D eigenvalue weighted by molar-refractivity contribution is 0.179. The molecule has 2 aromatic heterocycles. The second-order valence-corrected chi connectivity index (χ2v) is 5.53. The summed E-state index contributed by atoms with van der Waals surface area (Å²) < 4.78 is 1.56. The van der Waals surface area contributed by atoms with Gasteiger partial charge in [0.05, 0.1) is 0 Å². The van der Waals surface area contributed by atoms with Crippen LogP contribution in [0.1, 0.15) is 26.2 Å². The summed E-state index contributed by atoms with van der Waals surface area (Å²) in [7, 11) is 0. The fourth-order valence-corrected chi connectivity index (χ4v) is 2.31. The monoisotopic (exact) mass is 278 g/mol. The van der Waals surface area contributed by atoms with Crippen LogP contribution in [0.4, 0.5) is 5.95 Å². The van der Waals surface area contributed by atoms with Crippen molar-refractivity contribution in [2.75, 3.05) is 11.9 Å². The highest BCUT2D eigenvalue weighted by Crippen LogP contribution is 2.39. The molecule has 0 bridgehead atoms. The van der Waals surface area contributed by atoms with E-state index in [9.17, 15) is 0 Å². The van der Waals surface area contributed by atoms with Gasteiger partial charge in [-0.3, -0.25) is 0 Å². The number of hydrogen-bond donors (Lipinski definition) is 1. The quantitative estimate of drug-likeness (QED) is 0.929. The van der Waals surface area contributed by atoms with Gasteiger partial charge in [-0.2, -0.15) is 20.1 Å². The zero-order valence-corrected chi connectivity index (χ0v) is 11.4. The largest absolute Gasteiger partial charge is 0.353 e. The summed E-state index contributed by atoms with van der Waals surface area (Å²) in [5.41, 5.74) is 0.352. The lowest BCUT2D eigenvalue weighted by atomic mass is 9.70. The summed E-state index contributed by atoms with van der Waals surface area (Å²) in [5.74, 6) is 0.921. The lowest BCUT2D eigenvalue weighted by Gasteiger charge is -2.38. The summed E-state index contributed by atoms with van der Waals surface area (Å²) in [6.07, 6.45) is 7.22. The van der Waals surface area contributed by atoms with Gasteiger partial charge in [0.2, 0.25) is 11.2 Å². The molecular weight excluding hydrogens is 264 g/mol. The Morgan fingerprint density at radius 3 is 2.84 bits per heavy atom. The molecule has 19 heavy (non-hydrogen) atoms. The van der Waals surface area contributed by atoms with Crippen LogP contribution >= 0.6 is 11.6 Å². The number of aromatic nitrogens is 5. The lowest BCUT2D eigenvalue weighted by Crippen LogP contribution is -2.33. The van der Waals surface area contributed by atoms with Crippen LogP contribution in [-0.4, -0.2) is 31.3 Å². The predicted molar refractivity (Wildman–Crippen MR) is 72.4 cm³/mol. The highest BCUT2D eigenvalue weighted by atomic mass is 35.5. The molecule has 0 unspecified atom stereocenters. The van der Waals surface area contributed by atoms with Crippen LogP contribution in [0.5, 0.6) is 0 Å². The van der Waals surface area contributed by atoms with Crippen molar-refractivity contribution < 1.29 is 0 Å². The minimum Gasteiger partial charge on any atom is -0.353 e. The summed E-state index contributed by atoms with van der Waals surface area (Å²) in [5, 5.41) is 7.49. The van der Waals surface area contributed by atoms with Crippen LogP contribution in [0.3, 0.4) is 0 Å². The second kappa shape index (κ2) is 4.77.